The highest BCUT2D eigenvalue weighted by Gasteiger charge is 2.31. The van der Waals surface area contributed by atoms with E-state index in [9.17, 15) is 9.59 Å². The second-order valence-corrected chi connectivity index (χ2v) is 5.46. The van der Waals surface area contributed by atoms with Crippen LogP contribution >= 0.6 is 0 Å². The van der Waals surface area contributed by atoms with Crippen molar-refractivity contribution in [1.82, 2.24) is 4.98 Å². The SMILES string of the molecule is CC(C)=C1Oc2c(ccc(OC(=O)c3cccnc3)c2C)C1=O. The quantitative estimate of drug-likeness (QED) is 0.483. The third-order valence-corrected chi connectivity index (χ3v) is 3.57. The van der Waals surface area contributed by atoms with Gasteiger partial charge < -0.3 is 9.47 Å². The smallest absolute Gasteiger partial charge is 0.345 e. The summed E-state index contributed by atoms with van der Waals surface area (Å²) < 4.78 is 11.1. The maximum absolute atomic E-state index is 12.2. The first kappa shape index (κ1) is 15.0. The molecule has 1 aromatic heterocycles. The molecule has 2 heterocycles. The Bertz CT molecular complexity index is 834. The van der Waals surface area contributed by atoms with Crippen LogP contribution < -0.4 is 9.47 Å². The van der Waals surface area contributed by atoms with Crippen LogP contribution in [-0.4, -0.2) is 16.7 Å². The number of allylic oxidation sites excluding steroid dienone is 2. The average molecular weight is 309 g/mol. The fourth-order valence-electron chi connectivity index (χ4n) is 2.34. The van der Waals surface area contributed by atoms with Gasteiger partial charge in [-0.25, -0.2) is 4.79 Å². The van der Waals surface area contributed by atoms with Gasteiger partial charge in [-0.1, -0.05) is 0 Å². The van der Waals surface area contributed by atoms with E-state index in [-0.39, 0.29) is 5.78 Å². The highest BCUT2D eigenvalue weighted by atomic mass is 16.5. The molecule has 0 saturated carbocycles. The standard InChI is InChI=1S/C18H15NO4/c1-10(2)16-15(20)13-6-7-14(11(3)17(13)23-16)22-18(21)12-5-4-8-19-9-12/h4-9H,1-3H3. The van der Waals surface area contributed by atoms with Crippen molar-refractivity contribution in [2.45, 2.75) is 20.8 Å². The number of hydrogen-bond donors (Lipinski definition) is 0. The first-order chi connectivity index (χ1) is 11.0. The van der Waals surface area contributed by atoms with Crippen molar-refractivity contribution >= 4 is 11.8 Å². The van der Waals surface area contributed by atoms with Crippen LogP contribution in [0.5, 0.6) is 11.5 Å². The summed E-state index contributed by atoms with van der Waals surface area (Å²) >= 11 is 0. The number of ketones is 1. The molecule has 3 rings (SSSR count). The molecule has 0 N–H and O–H groups in total. The highest BCUT2D eigenvalue weighted by molar-refractivity contribution is 6.13. The summed E-state index contributed by atoms with van der Waals surface area (Å²) in [7, 11) is 0. The largest absolute Gasteiger partial charge is 0.452 e. The molecule has 116 valence electrons. The summed E-state index contributed by atoms with van der Waals surface area (Å²) in [6.07, 6.45) is 3.02. The molecule has 0 saturated heterocycles. The lowest BCUT2D eigenvalue weighted by molar-refractivity contribution is 0.0732. The monoisotopic (exact) mass is 309 g/mol. The summed E-state index contributed by atoms with van der Waals surface area (Å²) in [4.78, 5) is 28.3. The number of Topliss-reactive ketones (excluding diaryl/α,β-unsaturated/α-hetero) is 1. The van der Waals surface area contributed by atoms with Gasteiger partial charge in [0.05, 0.1) is 11.1 Å². The van der Waals surface area contributed by atoms with Gasteiger partial charge in [-0.3, -0.25) is 9.78 Å². The normalized spacial score (nSPS) is 12.7. The van der Waals surface area contributed by atoms with Gasteiger partial charge in [0.2, 0.25) is 5.78 Å². The van der Waals surface area contributed by atoms with Crippen LogP contribution in [0, 0.1) is 6.92 Å². The van der Waals surface area contributed by atoms with Gasteiger partial charge in [0, 0.05) is 18.0 Å². The minimum absolute atomic E-state index is 0.145. The zero-order valence-corrected chi connectivity index (χ0v) is 13.0. The van der Waals surface area contributed by atoms with Crippen LogP contribution in [-0.2, 0) is 0 Å². The number of carbonyl (C=O) groups is 2. The lowest BCUT2D eigenvalue weighted by Crippen LogP contribution is -2.09. The molecule has 0 fully saturated rings. The Labute approximate surface area is 133 Å². The van der Waals surface area contributed by atoms with Gasteiger partial charge in [0.1, 0.15) is 11.5 Å². The van der Waals surface area contributed by atoms with Crippen LogP contribution in [0.25, 0.3) is 0 Å². The molecule has 2 aromatic rings. The van der Waals surface area contributed by atoms with Gasteiger partial charge in [-0.15, -0.1) is 0 Å². The number of carbonyl (C=O) groups excluding carboxylic acids is 2. The maximum atomic E-state index is 12.2. The molecular weight excluding hydrogens is 294 g/mol. The van der Waals surface area contributed by atoms with E-state index in [0.29, 0.717) is 33.9 Å². The third-order valence-electron chi connectivity index (χ3n) is 3.57. The zero-order valence-electron chi connectivity index (χ0n) is 13.0. The number of esters is 1. The van der Waals surface area contributed by atoms with Gasteiger partial charge >= 0.3 is 5.97 Å². The van der Waals surface area contributed by atoms with Gasteiger partial charge in [-0.05, 0) is 50.6 Å². The van der Waals surface area contributed by atoms with Crippen LogP contribution in [0.1, 0.15) is 40.1 Å². The van der Waals surface area contributed by atoms with E-state index < -0.39 is 5.97 Å². The van der Waals surface area contributed by atoms with E-state index in [2.05, 4.69) is 4.98 Å². The molecule has 1 aliphatic rings. The Morgan fingerprint density at radius 2 is 2.00 bits per heavy atom. The van der Waals surface area contributed by atoms with E-state index in [4.69, 9.17) is 9.47 Å². The topological polar surface area (TPSA) is 65.5 Å². The Hall–Kier alpha value is -2.95. The summed E-state index contributed by atoms with van der Waals surface area (Å²) in [5, 5.41) is 0. The molecule has 0 spiro atoms. The third kappa shape index (κ3) is 2.61. The van der Waals surface area contributed by atoms with Crippen molar-refractivity contribution in [2.75, 3.05) is 0 Å². The van der Waals surface area contributed by atoms with E-state index in [1.165, 1.54) is 6.20 Å². The van der Waals surface area contributed by atoms with Crippen molar-refractivity contribution in [2.24, 2.45) is 0 Å². The Balaban J connectivity index is 1.93. The molecule has 0 unspecified atom stereocenters. The first-order valence-electron chi connectivity index (χ1n) is 7.15. The molecule has 1 aromatic carbocycles. The molecule has 5 heteroatoms. The Kier molecular flexibility index (Phi) is 3.70. The van der Waals surface area contributed by atoms with Crippen LogP contribution in [0.2, 0.25) is 0 Å². The van der Waals surface area contributed by atoms with Crippen LogP contribution in [0.4, 0.5) is 0 Å². The fraction of sp³-hybridized carbons (Fsp3) is 0.167. The predicted octanol–water partition coefficient (Wildman–Crippen LogP) is 3.48. The number of ether oxygens (including phenoxy) is 2. The van der Waals surface area contributed by atoms with Crippen molar-refractivity contribution in [3.05, 3.63) is 64.7 Å². The minimum Gasteiger partial charge on any atom is -0.452 e. The molecular formula is C18H15NO4. The number of rotatable bonds is 2. The first-order valence-corrected chi connectivity index (χ1v) is 7.15. The van der Waals surface area contributed by atoms with Crippen molar-refractivity contribution in [1.29, 1.82) is 0 Å². The van der Waals surface area contributed by atoms with E-state index in [1.807, 2.05) is 13.8 Å². The molecule has 5 nitrogen and oxygen atoms in total. The molecule has 1 aliphatic heterocycles. The molecule has 0 aliphatic carbocycles. The van der Waals surface area contributed by atoms with Crippen molar-refractivity contribution in [3.8, 4) is 11.5 Å². The number of fused-ring (bicyclic) bond motifs is 1. The molecule has 0 bridgehead atoms. The second kappa shape index (κ2) is 5.68. The van der Waals surface area contributed by atoms with Gasteiger partial charge in [0.15, 0.2) is 5.76 Å². The predicted molar refractivity (Wildman–Crippen MR) is 83.7 cm³/mol. The number of benzene rings is 1. The van der Waals surface area contributed by atoms with E-state index in [0.717, 1.165) is 5.57 Å². The van der Waals surface area contributed by atoms with E-state index >= 15 is 0 Å². The van der Waals surface area contributed by atoms with Crippen molar-refractivity contribution < 1.29 is 19.1 Å². The summed E-state index contributed by atoms with van der Waals surface area (Å²) in [6, 6.07) is 6.51. The molecule has 0 amide bonds. The van der Waals surface area contributed by atoms with Gasteiger partial charge in [0.25, 0.3) is 0 Å². The van der Waals surface area contributed by atoms with Crippen LogP contribution in [0.15, 0.2) is 48.0 Å². The number of nitrogens with zero attached hydrogens (tertiary/aromatic N) is 1. The zero-order chi connectivity index (χ0) is 16.6. The van der Waals surface area contributed by atoms with Crippen molar-refractivity contribution in [3.63, 3.8) is 0 Å². The molecule has 23 heavy (non-hydrogen) atoms. The summed E-state index contributed by atoms with van der Waals surface area (Å²) in [5.41, 5.74) is 2.26. The lowest BCUT2D eigenvalue weighted by atomic mass is 10.1. The maximum Gasteiger partial charge on any atom is 0.345 e. The second-order valence-electron chi connectivity index (χ2n) is 5.46. The number of hydrogen-bond acceptors (Lipinski definition) is 5. The number of pyridine rings is 1. The molecule has 0 atom stereocenters. The minimum atomic E-state index is -0.507. The Morgan fingerprint density at radius 1 is 1.22 bits per heavy atom. The lowest BCUT2D eigenvalue weighted by Gasteiger charge is -2.10. The number of aromatic nitrogens is 1. The summed E-state index contributed by atoms with van der Waals surface area (Å²) in [6.45, 7) is 5.39. The fourth-order valence-corrected chi connectivity index (χ4v) is 2.34. The van der Waals surface area contributed by atoms with E-state index in [1.54, 1.807) is 37.4 Å². The van der Waals surface area contributed by atoms with Gasteiger partial charge in [-0.2, -0.15) is 0 Å². The summed E-state index contributed by atoms with van der Waals surface area (Å²) in [5.74, 6) is 0.489. The Morgan fingerprint density at radius 3 is 2.65 bits per heavy atom. The van der Waals surface area contributed by atoms with Crippen LogP contribution in [0.3, 0.4) is 0 Å². The highest BCUT2D eigenvalue weighted by Crippen LogP contribution is 2.39. The average Bonchev–Trinajstić information content (AvgIpc) is 2.89. The molecule has 0 radical (unpaired) electrons.